The fourth-order valence-electron chi connectivity index (χ4n) is 1.77. The van der Waals surface area contributed by atoms with Crippen LogP contribution in [-0.2, 0) is 4.74 Å². The lowest BCUT2D eigenvalue weighted by Crippen LogP contribution is -2.46. The third-order valence-corrected chi connectivity index (χ3v) is 2.78. The fraction of sp³-hybridized carbons (Fsp3) is 0.417. The molecule has 1 aromatic rings. The molecular weight excluding hydrogens is 206 g/mol. The van der Waals surface area contributed by atoms with Gasteiger partial charge in [0.05, 0.1) is 17.7 Å². The van der Waals surface area contributed by atoms with E-state index in [0.717, 1.165) is 6.42 Å². The van der Waals surface area contributed by atoms with Crippen molar-refractivity contribution in [2.24, 2.45) is 0 Å². The molecule has 0 saturated carbocycles. The van der Waals surface area contributed by atoms with Gasteiger partial charge >= 0.3 is 0 Å². The number of hydrogen-bond donors (Lipinski definition) is 2. The zero-order valence-corrected chi connectivity index (χ0v) is 9.19. The van der Waals surface area contributed by atoms with Crippen LogP contribution in [0, 0.1) is 0 Å². The number of phenolic OH excluding ortho intramolecular Hbond substituents is 1. The van der Waals surface area contributed by atoms with Crippen molar-refractivity contribution in [3.05, 3.63) is 29.8 Å². The van der Waals surface area contributed by atoms with Gasteiger partial charge in [-0.25, -0.2) is 0 Å². The second kappa shape index (κ2) is 4.14. The zero-order chi connectivity index (χ0) is 11.6. The first-order valence-corrected chi connectivity index (χ1v) is 5.29. The number of nitrogens with one attached hydrogen (secondary N) is 1. The second-order valence-electron chi connectivity index (χ2n) is 4.33. The van der Waals surface area contributed by atoms with E-state index in [9.17, 15) is 9.90 Å². The Balaban J connectivity index is 2.11. The summed E-state index contributed by atoms with van der Waals surface area (Å²) in [7, 11) is 0. The molecule has 16 heavy (non-hydrogen) atoms. The van der Waals surface area contributed by atoms with E-state index in [0.29, 0.717) is 18.8 Å². The molecule has 0 aliphatic carbocycles. The molecule has 4 nitrogen and oxygen atoms in total. The average Bonchev–Trinajstić information content (AvgIpc) is 2.65. The van der Waals surface area contributed by atoms with Crippen LogP contribution in [0.1, 0.15) is 23.7 Å². The first-order chi connectivity index (χ1) is 7.61. The summed E-state index contributed by atoms with van der Waals surface area (Å²) in [5, 5.41) is 12.4. The number of phenols is 1. The van der Waals surface area contributed by atoms with E-state index in [1.807, 2.05) is 6.92 Å². The summed E-state index contributed by atoms with van der Waals surface area (Å²) in [6, 6.07) is 6.51. The molecule has 2 rings (SSSR count). The molecule has 0 spiro atoms. The highest BCUT2D eigenvalue weighted by atomic mass is 16.5. The predicted molar refractivity (Wildman–Crippen MR) is 59.4 cm³/mol. The van der Waals surface area contributed by atoms with E-state index in [1.54, 1.807) is 18.2 Å². The Hall–Kier alpha value is -1.55. The molecule has 0 radical (unpaired) electrons. The topological polar surface area (TPSA) is 58.6 Å². The Kier molecular flexibility index (Phi) is 2.83. The van der Waals surface area contributed by atoms with Gasteiger partial charge in [-0.05, 0) is 25.5 Å². The minimum atomic E-state index is -0.320. The molecule has 1 unspecified atom stereocenters. The molecule has 1 atom stereocenters. The number of ether oxygens (including phenoxy) is 1. The van der Waals surface area contributed by atoms with Gasteiger partial charge in [0.2, 0.25) is 0 Å². The van der Waals surface area contributed by atoms with Gasteiger partial charge in [-0.2, -0.15) is 0 Å². The zero-order valence-electron chi connectivity index (χ0n) is 9.19. The molecule has 1 fully saturated rings. The highest BCUT2D eigenvalue weighted by molar-refractivity contribution is 5.97. The minimum absolute atomic E-state index is 0.00233. The predicted octanol–water partition coefficient (Wildman–Crippen LogP) is 1.30. The third kappa shape index (κ3) is 2.17. The van der Waals surface area contributed by atoms with Crippen molar-refractivity contribution in [2.45, 2.75) is 18.9 Å². The highest BCUT2D eigenvalue weighted by Gasteiger charge is 2.31. The van der Waals surface area contributed by atoms with E-state index >= 15 is 0 Å². The summed E-state index contributed by atoms with van der Waals surface area (Å²) < 4.78 is 5.25. The number of aromatic hydroxyl groups is 1. The van der Waals surface area contributed by atoms with Crippen LogP contribution >= 0.6 is 0 Å². The van der Waals surface area contributed by atoms with Crippen LogP contribution in [0.25, 0.3) is 0 Å². The maximum atomic E-state index is 11.9. The third-order valence-electron chi connectivity index (χ3n) is 2.78. The van der Waals surface area contributed by atoms with Crippen LogP contribution in [0.4, 0.5) is 0 Å². The summed E-state index contributed by atoms with van der Waals surface area (Å²) in [5.74, 6) is -0.256. The van der Waals surface area contributed by atoms with Crippen molar-refractivity contribution in [1.29, 1.82) is 0 Å². The number of hydrogen-bond acceptors (Lipinski definition) is 3. The van der Waals surface area contributed by atoms with Gasteiger partial charge in [-0.3, -0.25) is 4.79 Å². The lowest BCUT2D eigenvalue weighted by molar-refractivity contribution is 0.0887. The van der Waals surface area contributed by atoms with Gasteiger partial charge in [0, 0.05) is 6.61 Å². The van der Waals surface area contributed by atoms with E-state index < -0.39 is 0 Å². The van der Waals surface area contributed by atoms with E-state index in [4.69, 9.17) is 4.74 Å². The fourth-order valence-corrected chi connectivity index (χ4v) is 1.77. The Morgan fingerprint density at radius 1 is 1.50 bits per heavy atom. The molecule has 1 saturated heterocycles. The number of amides is 1. The van der Waals surface area contributed by atoms with Crippen molar-refractivity contribution in [3.8, 4) is 5.75 Å². The molecule has 86 valence electrons. The van der Waals surface area contributed by atoms with E-state index in [-0.39, 0.29) is 17.2 Å². The maximum Gasteiger partial charge on any atom is 0.255 e. The average molecular weight is 221 g/mol. The van der Waals surface area contributed by atoms with Crippen LogP contribution < -0.4 is 5.32 Å². The first-order valence-electron chi connectivity index (χ1n) is 5.29. The number of carbonyl (C=O) groups excluding carboxylic acids is 1. The van der Waals surface area contributed by atoms with Crippen molar-refractivity contribution < 1.29 is 14.6 Å². The van der Waals surface area contributed by atoms with Crippen LogP contribution in [-0.4, -0.2) is 29.8 Å². The van der Waals surface area contributed by atoms with Crippen molar-refractivity contribution in [2.75, 3.05) is 13.2 Å². The maximum absolute atomic E-state index is 11.9. The van der Waals surface area contributed by atoms with Crippen LogP contribution in [0.15, 0.2) is 24.3 Å². The van der Waals surface area contributed by atoms with Gasteiger partial charge in [-0.15, -0.1) is 0 Å². The molecule has 1 aliphatic heterocycles. The Bertz CT molecular complexity index is 397. The quantitative estimate of drug-likeness (QED) is 0.791. The van der Waals surface area contributed by atoms with Gasteiger partial charge in [0.15, 0.2) is 0 Å². The van der Waals surface area contributed by atoms with Crippen LogP contribution in [0.5, 0.6) is 5.75 Å². The van der Waals surface area contributed by atoms with Gasteiger partial charge in [0.25, 0.3) is 5.91 Å². The Morgan fingerprint density at radius 2 is 2.25 bits per heavy atom. The second-order valence-corrected chi connectivity index (χ2v) is 4.33. The van der Waals surface area contributed by atoms with E-state index in [1.165, 1.54) is 6.07 Å². The Morgan fingerprint density at radius 3 is 2.88 bits per heavy atom. The highest BCUT2D eigenvalue weighted by Crippen LogP contribution is 2.20. The summed E-state index contributed by atoms with van der Waals surface area (Å²) in [6.45, 7) is 3.13. The van der Waals surface area contributed by atoms with Crippen molar-refractivity contribution >= 4 is 5.91 Å². The minimum Gasteiger partial charge on any atom is -0.507 e. The van der Waals surface area contributed by atoms with Crippen LogP contribution in [0.2, 0.25) is 0 Å². The SMILES string of the molecule is CC1(NC(=O)c2ccccc2O)CCOC1. The molecule has 1 heterocycles. The molecule has 4 heteroatoms. The molecule has 0 bridgehead atoms. The number of rotatable bonds is 2. The standard InChI is InChI=1S/C12H15NO3/c1-12(6-7-16-8-12)13-11(15)9-4-2-3-5-10(9)14/h2-5,14H,6-8H2,1H3,(H,13,15). The lowest BCUT2D eigenvalue weighted by atomic mass is 10.0. The van der Waals surface area contributed by atoms with Crippen LogP contribution in [0.3, 0.4) is 0 Å². The van der Waals surface area contributed by atoms with Crippen molar-refractivity contribution in [1.82, 2.24) is 5.32 Å². The molecule has 2 N–H and O–H groups in total. The molecule has 1 amide bonds. The monoisotopic (exact) mass is 221 g/mol. The number of carbonyl (C=O) groups is 1. The molecular formula is C12H15NO3. The van der Waals surface area contributed by atoms with Gasteiger partial charge < -0.3 is 15.2 Å². The summed E-state index contributed by atoms with van der Waals surface area (Å²) in [5.41, 5.74) is -0.0186. The largest absolute Gasteiger partial charge is 0.507 e. The first kappa shape index (κ1) is 11.0. The van der Waals surface area contributed by atoms with Crippen molar-refractivity contribution in [3.63, 3.8) is 0 Å². The molecule has 1 aliphatic rings. The summed E-state index contributed by atoms with van der Waals surface area (Å²) in [6.07, 6.45) is 0.798. The number of benzene rings is 1. The smallest absolute Gasteiger partial charge is 0.255 e. The number of para-hydroxylation sites is 1. The summed E-state index contributed by atoms with van der Waals surface area (Å²) >= 11 is 0. The normalized spacial score (nSPS) is 24.3. The summed E-state index contributed by atoms with van der Waals surface area (Å²) in [4.78, 5) is 11.9. The lowest BCUT2D eigenvalue weighted by Gasteiger charge is -2.23. The molecule has 1 aromatic carbocycles. The Labute approximate surface area is 94.2 Å². The molecule has 0 aromatic heterocycles. The van der Waals surface area contributed by atoms with E-state index in [2.05, 4.69) is 5.32 Å². The van der Waals surface area contributed by atoms with Gasteiger partial charge in [-0.1, -0.05) is 12.1 Å². The van der Waals surface area contributed by atoms with Gasteiger partial charge in [0.1, 0.15) is 5.75 Å².